The summed E-state index contributed by atoms with van der Waals surface area (Å²) in [6.45, 7) is 1.87. The molecule has 0 fully saturated rings. The summed E-state index contributed by atoms with van der Waals surface area (Å²) in [7, 11) is 0. The molecule has 1 aromatic carbocycles. The number of hydrogen-bond donors (Lipinski definition) is 1. The molecule has 6 heteroatoms. The van der Waals surface area contributed by atoms with Crippen LogP contribution < -0.4 is 10.5 Å². The maximum absolute atomic E-state index is 11.1. The van der Waals surface area contributed by atoms with Crippen molar-refractivity contribution in [2.45, 2.75) is 26.2 Å². The number of benzene rings is 1. The van der Waals surface area contributed by atoms with Crippen LogP contribution in [-0.4, -0.2) is 15.9 Å². The molecule has 0 aliphatic heterocycles. The van der Waals surface area contributed by atoms with Crippen LogP contribution in [0.15, 0.2) is 24.3 Å². The second-order valence-corrected chi connectivity index (χ2v) is 6.69. The van der Waals surface area contributed by atoms with Crippen molar-refractivity contribution in [1.82, 2.24) is 9.97 Å². The van der Waals surface area contributed by atoms with E-state index in [1.54, 1.807) is 35.6 Å². The minimum absolute atomic E-state index is 0.451. The Hall–Kier alpha value is -2.47. The number of nitrogens with zero attached hydrogens (tertiary/aromatic N) is 2. The van der Waals surface area contributed by atoms with E-state index in [-0.39, 0.29) is 0 Å². The number of aryl methyl sites for hydroxylation is 3. The van der Waals surface area contributed by atoms with Crippen molar-refractivity contribution in [2.24, 2.45) is 5.73 Å². The molecule has 0 saturated carbocycles. The predicted molar refractivity (Wildman–Crippen MR) is 89.2 cm³/mol. The number of thiophene rings is 1. The van der Waals surface area contributed by atoms with Crippen molar-refractivity contribution in [1.29, 1.82) is 0 Å². The first kappa shape index (κ1) is 14.1. The molecule has 0 spiro atoms. The van der Waals surface area contributed by atoms with E-state index < -0.39 is 5.91 Å². The SMILES string of the molecule is Cc1nc(Oc2ccc(C(N)=O)cc2)c2c3c(sc2n1)CCC3. The molecule has 0 radical (unpaired) electrons. The monoisotopic (exact) mass is 325 g/mol. The van der Waals surface area contributed by atoms with Gasteiger partial charge in [-0.1, -0.05) is 0 Å². The normalized spacial score (nSPS) is 13.3. The molecule has 3 aromatic rings. The molecular weight excluding hydrogens is 310 g/mol. The number of rotatable bonds is 3. The molecule has 0 unspecified atom stereocenters. The first-order valence-electron chi connectivity index (χ1n) is 7.48. The minimum Gasteiger partial charge on any atom is -0.438 e. The first-order valence-corrected chi connectivity index (χ1v) is 8.30. The van der Waals surface area contributed by atoms with Gasteiger partial charge in [0.25, 0.3) is 0 Å². The van der Waals surface area contributed by atoms with Crippen molar-refractivity contribution in [3.8, 4) is 11.6 Å². The highest BCUT2D eigenvalue weighted by Crippen LogP contribution is 2.41. The standard InChI is InChI=1S/C17H15N3O2S/c1-9-19-16(22-11-7-5-10(6-8-11)15(18)21)14-12-3-2-4-13(12)23-17(14)20-9/h5-8H,2-4H2,1H3,(H2,18,21). The van der Waals surface area contributed by atoms with Gasteiger partial charge >= 0.3 is 0 Å². The highest BCUT2D eigenvalue weighted by molar-refractivity contribution is 7.19. The van der Waals surface area contributed by atoms with Crippen LogP contribution in [0.1, 0.15) is 33.0 Å². The Bertz CT molecular complexity index is 916. The summed E-state index contributed by atoms with van der Waals surface area (Å²) in [4.78, 5) is 22.6. The fraction of sp³-hybridized carbons (Fsp3) is 0.235. The van der Waals surface area contributed by atoms with E-state index in [2.05, 4.69) is 9.97 Å². The van der Waals surface area contributed by atoms with Crippen molar-refractivity contribution < 1.29 is 9.53 Å². The number of ether oxygens (including phenoxy) is 1. The number of hydrogen-bond acceptors (Lipinski definition) is 5. The zero-order valence-corrected chi connectivity index (χ0v) is 13.4. The first-order chi connectivity index (χ1) is 11.1. The lowest BCUT2D eigenvalue weighted by atomic mass is 10.2. The third-order valence-corrected chi connectivity index (χ3v) is 5.18. The number of amides is 1. The van der Waals surface area contributed by atoms with Crippen molar-refractivity contribution in [3.05, 3.63) is 46.1 Å². The Labute approximate surface area is 137 Å². The summed E-state index contributed by atoms with van der Waals surface area (Å²) in [5.41, 5.74) is 7.04. The maximum Gasteiger partial charge on any atom is 0.248 e. The Morgan fingerprint density at radius 1 is 1.22 bits per heavy atom. The molecule has 23 heavy (non-hydrogen) atoms. The topological polar surface area (TPSA) is 78.1 Å². The smallest absolute Gasteiger partial charge is 0.248 e. The van der Waals surface area contributed by atoms with E-state index in [0.29, 0.717) is 23.0 Å². The molecule has 0 saturated heterocycles. The minimum atomic E-state index is -0.451. The highest BCUT2D eigenvalue weighted by Gasteiger charge is 2.22. The van der Waals surface area contributed by atoms with E-state index in [1.807, 2.05) is 6.92 Å². The number of carbonyl (C=O) groups is 1. The Morgan fingerprint density at radius 3 is 2.74 bits per heavy atom. The van der Waals surface area contributed by atoms with Gasteiger partial charge in [-0.05, 0) is 56.0 Å². The lowest BCUT2D eigenvalue weighted by Crippen LogP contribution is -2.10. The molecule has 1 aliphatic rings. The summed E-state index contributed by atoms with van der Waals surface area (Å²) in [5, 5.41) is 1.03. The van der Waals surface area contributed by atoms with Crippen molar-refractivity contribution in [2.75, 3.05) is 0 Å². The van der Waals surface area contributed by atoms with Gasteiger partial charge in [0, 0.05) is 10.4 Å². The van der Waals surface area contributed by atoms with Crippen LogP contribution in [0.5, 0.6) is 11.6 Å². The molecule has 5 nitrogen and oxygen atoms in total. The van der Waals surface area contributed by atoms with E-state index in [9.17, 15) is 4.79 Å². The lowest BCUT2D eigenvalue weighted by Gasteiger charge is -2.08. The van der Waals surface area contributed by atoms with Crippen LogP contribution in [0, 0.1) is 6.92 Å². The zero-order valence-electron chi connectivity index (χ0n) is 12.6. The third kappa shape index (κ3) is 2.45. The van der Waals surface area contributed by atoms with Gasteiger partial charge in [0.05, 0.1) is 5.39 Å². The highest BCUT2D eigenvalue weighted by atomic mass is 32.1. The molecule has 0 atom stereocenters. The molecule has 0 bridgehead atoms. The summed E-state index contributed by atoms with van der Waals surface area (Å²) in [6, 6.07) is 6.77. The summed E-state index contributed by atoms with van der Waals surface area (Å²) < 4.78 is 5.99. The number of nitrogens with two attached hydrogens (primary N) is 1. The third-order valence-electron chi connectivity index (χ3n) is 4.00. The Balaban J connectivity index is 1.77. The average Bonchev–Trinajstić information content (AvgIpc) is 3.07. The second-order valence-electron chi connectivity index (χ2n) is 5.60. The quantitative estimate of drug-likeness (QED) is 0.800. The molecule has 116 valence electrons. The summed E-state index contributed by atoms with van der Waals surface area (Å²) >= 11 is 1.74. The lowest BCUT2D eigenvalue weighted by molar-refractivity contribution is 0.100. The number of fused-ring (bicyclic) bond motifs is 3. The van der Waals surface area contributed by atoms with E-state index in [4.69, 9.17) is 10.5 Å². The zero-order chi connectivity index (χ0) is 16.0. The van der Waals surface area contributed by atoms with Crippen LogP contribution in [0.2, 0.25) is 0 Å². The predicted octanol–water partition coefficient (Wildman–Crippen LogP) is 3.38. The van der Waals surface area contributed by atoms with Gasteiger partial charge in [0.15, 0.2) is 0 Å². The Morgan fingerprint density at radius 2 is 2.00 bits per heavy atom. The van der Waals surface area contributed by atoms with Crippen LogP contribution in [0.3, 0.4) is 0 Å². The van der Waals surface area contributed by atoms with Gasteiger partial charge in [-0.25, -0.2) is 4.98 Å². The van der Waals surface area contributed by atoms with Crippen LogP contribution >= 0.6 is 11.3 Å². The van der Waals surface area contributed by atoms with Gasteiger partial charge < -0.3 is 10.5 Å². The number of aromatic nitrogens is 2. The molecule has 2 heterocycles. The van der Waals surface area contributed by atoms with E-state index in [1.165, 1.54) is 16.9 Å². The summed E-state index contributed by atoms with van der Waals surface area (Å²) in [6.07, 6.45) is 3.35. The van der Waals surface area contributed by atoms with E-state index >= 15 is 0 Å². The molecule has 2 aromatic heterocycles. The van der Waals surface area contributed by atoms with Gasteiger partial charge in [-0.2, -0.15) is 4.98 Å². The van der Waals surface area contributed by atoms with Gasteiger partial charge in [0.2, 0.25) is 11.8 Å². The van der Waals surface area contributed by atoms with Crippen molar-refractivity contribution >= 4 is 27.5 Å². The van der Waals surface area contributed by atoms with Gasteiger partial charge in [-0.3, -0.25) is 4.79 Å². The summed E-state index contributed by atoms with van der Waals surface area (Å²) in [5.74, 6) is 1.47. The van der Waals surface area contributed by atoms with Crippen LogP contribution in [-0.2, 0) is 12.8 Å². The van der Waals surface area contributed by atoms with Crippen molar-refractivity contribution in [3.63, 3.8) is 0 Å². The molecular formula is C17H15N3O2S. The molecule has 1 amide bonds. The molecule has 4 rings (SSSR count). The van der Waals surface area contributed by atoms with Gasteiger partial charge in [-0.15, -0.1) is 11.3 Å². The molecule has 2 N–H and O–H groups in total. The van der Waals surface area contributed by atoms with Crippen LogP contribution in [0.25, 0.3) is 10.2 Å². The van der Waals surface area contributed by atoms with E-state index in [0.717, 1.165) is 23.1 Å². The second kappa shape index (κ2) is 5.31. The molecule has 1 aliphatic carbocycles. The maximum atomic E-state index is 11.1. The number of primary amides is 1. The average molecular weight is 325 g/mol. The Kier molecular flexibility index (Phi) is 3.27. The fourth-order valence-corrected chi connectivity index (χ4v) is 4.23. The fourth-order valence-electron chi connectivity index (χ4n) is 2.94. The largest absolute Gasteiger partial charge is 0.438 e. The van der Waals surface area contributed by atoms with Crippen LogP contribution in [0.4, 0.5) is 0 Å². The number of carbonyl (C=O) groups excluding carboxylic acids is 1. The van der Waals surface area contributed by atoms with Gasteiger partial charge in [0.1, 0.15) is 16.4 Å².